The first kappa shape index (κ1) is 15.3. The van der Waals surface area contributed by atoms with E-state index in [2.05, 4.69) is 16.7 Å². The molecule has 2 rings (SSSR count). The highest BCUT2D eigenvalue weighted by Crippen LogP contribution is 2.19. The highest BCUT2D eigenvalue weighted by Gasteiger charge is 2.22. The SMILES string of the molecule is CCc1ccc(S(=O)(=O)NCC2CCN(C)C2)cc1N. The van der Waals surface area contributed by atoms with Crippen LogP contribution < -0.4 is 10.5 Å². The molecule has 1 aromatic carbocycles. The molecule has 112 valence electrons. The van der Waals surface area contributed by atoms with Crippen LogP contribution >= 0.6 is 0 Å². The van der Waals surface area contributed by atoms with Crippen LogP contribution in [0.15, 0.2) is 23.1 Å². The molecule has 0 spiro atoms. The number of sulfonamides is 1. The number of hydrogen-bond acceptors (Lipinski definition) is 4. The van der Waals surface area contributed by atoms with Crippen molar-refractivity contribution in [2.75, 3.05) is 32.4 Å². The van der Waals surface area contributed by atoms with Crippen molar-refractivity contribution in [1.29, 1.82) is 0 Å². The van der Waals surface area contributed by atoms with E-state index in [4.69, 9.17) is 5.73 Å². The molecule has 1 unspecified atom stereocenters. The molecule has 5 nitrogen and oxygen atoms in total. The molecule has 1 heterocycles. The maximum atomic E-state index is 12.2. The van der Waals surface area contributed by atoms with Crippen molar-refractivity contribution in [2.24, 2.45) is 5.92 Å². The van der Waals surface area contributed by atoms with E-state index in [9.17, 15) is 8.42 Å². The summed E-state index contributed by atoms with van der Waals surface area (Å²) in [6.07, 6.45) is 1.84. The lowest BCUT2D eigenvalue weighted by atomic mass is 10.1. The molecule has 1 aliphatic heterocycles. The lowest BCUT2D eigenvalue weighted by Gasteiger charge is -2.13. The molecule has 0 aromatic heterocycles. The molecule has 0 aliphatic carbocycles. The van der Waals surface area contributed by atoms with Crippen LogP contribution in [0.3, 0.4) is 0 Å². The Morgan fingerprint density at radius 2 is 2.20 bits per heavy atom. The van der Waals surface area contributed by atoms with Crippen molar-refractivity contribution < 1.29 is 8.42 Å². The standard InChI is InChI=1S/C14H23N3O2S/c1-3-12-4-5-13(8-14(12)15)20(18,19)16-9-11-6-7-17(2)10-11/h4-5,8,11,16H,3,6-7,9-10,15H2,1-2H3. The van der Waals surface area contributed by atoms with Gasteiger partial charge in [-0.1, -0.05) is 13.0 Å². The fourth-order valence-electron chi connectivity index (χ4n) is 2.57. The number of benzene rings is 1. The Hall–Kier alpha value is -1.11. The lowest BCUT2D eigenvalue weighted by molar-refractivity contribution is 0.394. The maximum absolute atomic E-state index is 12.2. The van der Waals surface area contributed by atoms with E-state index in [1.165, 1.54) is 0 Å². The zero-order chi connectivity index (χ0) is 14.8. The quantitative estimate of drug-likeness (QED) is 0.797. The number of likely N-dealkylation sites (tertiary alicyclic amines) is 1. The number of nitrogen functional groups attached to an aromatic ring is 1. The fraction of sp³-hybridized carbons (Fsp3) is 0.571. The number of rotatable bonds is 5. The van der Waals surface area contributed by atoms with Gasteiger partial charge in [0.15, 0.2) is 0 Å². The van der Waals surface area contributed by atoms with Crippen molar-refractivity contribution in [2.45, 2.75) is 24.7 Å². The van der Waals surface area contributed by atoms with Crippen LogP contribution in [0.2, 0.25) is 0 Å². The van der Waals surface area contributed by atoms with Crippen LogP contribution in [0.1, 0.15) is 18.9 Å². The molecular formula is C14H23N3O2S. The van der Waals surface area contributed by atoms with E-state index < -0.39 is 10.0 Å². The first-order valence-electron chi connectivity index (χ1n) is 6.99. The summed E-state index contributed by atoms with van der Waals surface area (Å²) in [6, 6.07) is 4.95. The van der Waals surface area contributed by atoms with Gasteiger partial charge in [0.05, 0.1) is 4.90 Å². The summed E-state index contributed by atoms with van der Waals surface area (Å²) < 4.78 is 27.2. The van der Waals surface area contributed by atoms with Crippen molar-refractivity contribution in [3.8, 4) is 0 Å². The van der Waals surface area contributed by atoms with Gasteiger partial charge in [0.1, 0.15) is 0 Å². The molecule has 1 aromatic rings. The number of nitrogens with one attached hydrogen (secondary N) is 1. The molecule has 0 bridgehead atoms. The number of anilines is 1. The second-order valence-electron chi connectivity index (χ2n) is 5.48. The lowest BCUT2D eigenvalue weighted by Crippen LogP contribution is -2.30. The number of hydrogen-bond donors (Lipinski definition) is 2. The summed E-state index contributed by atoms with van der Waals surface area (Å²) in [5, 5.41) is 0. The minimum Gasteiger partial charge on any atom is -0.398 e. The molecule has 1 atom stereocenters. The Morgan fingerprint density at radius 3 is 2.75 bits per heavy atom. The van der Waals surface area contributed by atoms with E-state index in [-0.39, 0.29) is 4.90 Å². The molecule has 20 heavy (non-hydrogen) atoms. The third-order valence-electron chi connectivity index (χ3n) is 3.86. The third kappa shape index (κ3) is 3.50. The summed E-state index contributed by atoms with van der Waals surface area (Å²) in [5.41, 5.74) is 7.38. The molecule has 6 heteroatoms. The van der Waals surface area contributed by atoms with Crippen molar-refractivity contribution in [1.82, 2.24) is 9.62 Å². The number of aryl methyl sites for hydroxylation is 1. The van der Waals surface area contributed by atoms with Crippen LogP contribution in [0.5, 0.6) is 0 Å². The molecule has 1 saturated heterocycles. The Kier molecular flexibility index (Phi) is 4.67. The van der Waals surface area contributed by atoms with Crippen LogP contribution in [0.4, 0.5) is 5.69 Å². The van der Waals surface area contributed by atoms with Gasteiger partial charge in [-0.2, -0.15) is 0 Å². The minimum absolute atomic E-state index is 0.249. The third-order valence-corrected chi connectivity index (χ3v) is 5.28. The monoisotopic (exact) mass is 297 g/mol. The van der Waals surface area contributed by atoms with Gasteiger partial charge in [0.2, 0.25) is 10.0 Å². The second kappa shape index (κ2) is 6.11. The van der Waals surface area contributed by atoms with Gasteiger partial charge in [0, 0.05) is 18.8 Å². The van der Waals surface area contributed by atoms with E-state index in [1.807, 2.05) is 6.92 Å². The number of nitrogens with two attached hydrogens (primary N) is 1. The number of nitrogens with zero attached hydrogens (tertiary/aromatic N) is 1. The van der Waals surface area contributed by atoms with Gasteiger partial charge in [0.25, 0.3) is 0 Å². The van der Waals surface area contributed by atoms with Crippen molar-refractivity contribution in [3.05, 3.63) is 23.8 Å². The van der Waals surface area contributed by atoms with Crippen molar-refractivity contribution in [3.63, 3.8) is 0 Å². The first-order chi connectivity index (χ1) is 9.42. The predicted molar refractivity (Wildman–Crippen MR) is 81.0 cm³/mol. The van der Waals surface area contributed by atoms with Crippen LogP contribution in [0.25, 0.3) is 0 Å². The molecule has 1 fully saturated rings. The van der Waals surface area contributed by atoms with Crippen LogP contribution in [0, 0.1) is 5.92 Å². The topological polar surface area (TPSA) is 75.4 Å². The van der Waals surface area contributed by atoms with E-state index in [0.29, 0.717) is 18.2 Å². The largest absolute Gasteiger partial charge is 0.398 e. The summed E-state index contributed by atoms with van der Waals surface area (Å²) >= 11 is 0. The zero-order valence-corrected chi connectivity index (χ0v) is 12.9. The molecule has 3 N–H and O–H groups in total. The van der Waals surface area contributed by atoms with Gasteiger partial charge >= 0.3 is 0 Å². The predicted octanol–water partition coefficient (Wildman–Crippen LogP) is 1.06. The summed E-state index contributed by atoms with van der Waals surface area (Å²) in [7, 11) is -1.41. The molecule has 0 saturated carbocycles. The summed E-state index contributed by atoms with van der Waals surface area (Å²) in [5.74, 6) is 0.391. The normalized spacial score (nSPS) is 20.4. The van der Waals surface area contributed by atoms with E-state index in [1.54, 1.807) is 18.2 Å². The zero-order valence-electron chi connectivity index (χ0n) is 12.1. The van der Waals surface area contributed by atoms with Crippen LogP contribution in [-0.4, -0.2) is 40.0 Å². The van der Waals surface area contributed by atoms with Crippen LogP contribution in [-0.2, 0) is 16.4 Å². The Labute approximate surface area is 121 Å². The smallest absolute Gasteiger partial charge is 0.240 e. The second-order valence-corrected chi connectivity index (χ2v) is 7.25. The van der Waals surface area contributed by atoms with E-state index in [0.717, 1.165) is 31.5 Å². The molecule has 0 amide bonds. The van der Waals surface area contributed by atoms with E-state index >= 15 is 0 Å². The van der Waals surface area contributed by atoms with Crippen molar-refractivity contribution >= 4 is 15.7 Å². The Balaban J connectivity index is 2.04. The van der Waals surface area contributed by atoms with Gasteiger partial charge < -0.3 is 10.6 Å². The van der Waals surface area contributed by atoms with Gasteiger partial charge in [-0.3, -0.25) is 0 Å². The average molecular weight is 297 g/mol. The molecule has 0 radical (unpaired) electrons. The Bertz CT molecular complexity index is 572. The summed E-state index contributed by atoms with van der Waals surface area (Å²) in [6.45, 7) is 4.46. The Morgan fingerprint density at radius 1 is 1.45 bits per heavy atom. The maximum Gasteiger partial charge on any atom is 0.240 e. The fourth-order valence-corrected chi connectivity index (χ4v) is 3.72. The van der Waals surface area contributed by atoms with Gasteiger partial charge in [-0.25, -0.2) is 13.1 Å². The average Bonchev–Trinajstić information content (AvgIpc) is 2.82. The summed E-state index contributed by atoms with van der Waals surface area (Å²) in [4.78, 5) is 2.46. The highest BCUT2D eigenvalue weighted by molar-refractivity contribution is 7.89. The van der Waals surface area contributed by atoms with Gasteiger partial charge in [-0.05, 0) is 50.0 Å². The van der Waals surface area contributed by atoms with Gasteiger partial charge in [-0.15, -0.1) is 0 Å². The molecule has 1 aliphatic rings. The first-order valence-corrected chi connectivity index (χ1v) is 8.47. The molecular weight excluding hydrogens is 274 g/mol. The minimum atomic E-state index is -3.46. The highest BCUT2D eigenvalue weighted by atomic mass is 32.2.